The third kappa shape index (κ3) is 3.79. The average molecular weight is 345 g/mol. The summed E-state index contributed by atoms with van der Waals surface area (Å²) < 4.78 is 0. The van der Waals surface area contributed by atoms with E-state index in [-0.39, 0.29) is 12.1 Å². The Morgan fingerprint density at radius 2 is 1.83 bits per heavy atom. The number of urea groups is 1. The summed E-state index contributed by atoms with van der Waals surface area (Å²) in [5.41, 5.74) is 0.930. The Bertz CT molecular complexity index is 686. The first-order valence-electron chi connectivity index (χ1n) is 8.11. The molecule has 1 atom stereocenters. The lowest BCUT2D eigenvalue weighted by atomic mass is 10.1. The van der Waals surface area contributed by atoms with E-state index in [1.54, 1.807) is 6.20 Å². The van der Waals surface area contributed by atoms with E-state index in [1.807, 2.05) is 54.3 Å². The van der Waals surface area contributed by atoms with E-state index < -0.39 is 0 Å². The van der Waals surface area contributed by atoms with Crippen molar-refractivity contribution >= 4 is 23.4 Å². The zero-order valence-electron chi connectivity index (χ0n) is 13.7. The Labute approximate surface area is 147 Å². The van der Waals surface area contributed by atoms with Crippen LogP contribution >= 0.6 is 11.6 Å². The molecule has 2 amide bonds. The van der Waals surface area contributed by atoms with Crippen LogP contribution in [0.4, 0.5) is 10.6 Å². The number of piperazine rings is 1. The van der Waals surface area contributed by atoms with Crippen LogP contribution < -0.4 is 10.2 Å². The molecule has 1 N–H and O–H groups in total. The van der Waals surface area contributed by atoms with Crippen LogP contribution in [0, 0.1) is 0 Å². The maximum absolute atomic E-state index is 12.5. The summed E-state index contributed by atoms with van der Waals surface area (Å²) in [6, 6.07) is 13.3. The average Bonchev–Trinajstić information content (AvgIpc) is 2.63. The molecule has 6 heteroatoms. The first-order valence-corrected chi connectivity index (χ1v) is 8.49. The quantitative estimate of drug-likeness (QED) is 0.929. The van der Waals surface area contributed by atoms with Gasteiger partial charge >= 0.3 is 6.03 Å². The number of benzene rings is 1. The third-order valence-electron chi connectivity index (χ3n) is 4.25. The van der Waals surface area contributed by atoms with Gasteiger partial charge in [-0.3, -0.25) is 0 Å². The number of amides is 2. The molecule has 1 saturated heterocycles. The lowest BCUT2D eigenvalue weighted by Gasteiger charge is -2.36. The van der Waals surface area contributed by atoms with Crippen LogP contribution in [-0.2, 0) is 0 Å². The van der Waals surface area contributed by atoms with Gasteiger partial charge < -0.3 is 15.1 Å². The number of hydrogen-bond donors (Lipinski definition) is 1. The van der Waals surface area contributed by atoms with Crippen molar-refractivity contribution in [1.82, 2.24) is 15.2 Å². The summed E-state index contributed by atoms with van der Waals surface area (Å²) in [7, 11) is 0. The number of hydrogen-bond acceptors (Lipinski definition) is 3. The van der Waals surface area contributed by atoms with Crippen LogP contribution in [0.1, 0.15) is 18.5 Å². The molecular weight excluding hydrogens is 324 g/mol. The maximum Gasteiger partial charge on any atom is 0.317 e. The standard InChI is InChI=1S/C18H21ClN4O/c1-14(15-6-2-3-7-16(15)19)21-18(24)23-12-10-22(11-13-23)17-8-4-5-9-20-17/h2-9,14H,10-13H2,1H3,(H,21,24). The molecule has 2 aromatic rings. The van der Waals surface area contributed by atoms with Crippen molar-refractivity contribution in [1.29, 1.82) is 0 Å². The van der Waals surface area contributed by atoms with Crippen molar-refractivity contribution in [3.8, 4) is 0 Å². The lowest BCUT2D eigenvalue weighted by Crippen LogP contribution is -2.52. The van der Waals surface area contributed by atoms with Gasteiger partial charge in [0, 0.05) is 37.4 Å². The number of anilines is 1. The molecule has 1 unspecified atom stereocenters. The molecule has 0 radical (unpaired) electrons. The minimum atomic E-state index is -0.125. The van der Waals surface area contributed by atoms with Crippen molar-refractivity contribution < 1.29 is 4.79 Å². The molecule has 0 bridgehead atoms. The summed E-state index contributed by atoms with van der Waals surface area (Å²) in [6.07, 6.45) is 1.79. The summed E-state index contributed by atoms with van der Waals surface area (Å²) in [6.45, 7) is 4.87. The summed E-state index contributed by atoms with van der Waals surface area (Å²) in [5.74, 6) is 0.960. The molecule has 24 heavy (non-hydrogen) atoms. The summed E-state index contributed by atoms with van der Waals surface area (Å²) >= 11 is 6.20. The number of aromatic nitrogens is 1. The van der Waals surface area contributed by atoms with Gasteiger partial charge in [-0.15, -0.1) is 0 Å². The molecule has 1 aromatic carbocycles. The maximum atomic E-state index is 12.5. The molecule has 3 rings (SSSR count). The Hall–Kier alpha value is -2.27. The smallest absolute Gasteiger partial charge is 0.317 e. The number of nitrogens with one attached hydrogen (secondary N) is 1. The molecule has 0 spiro atoms. The van der Waals surface area contributed by atoms with E-state index in [9.17, 15) is 4.79 Å². The van der Waals surface area contributed by atoms with Crippen molar-refractivity contribution in [2.45, 2.75) is 13.0 Å². The van der Waals surface area contributed by atoms with Crippen LogP contribution in [0.3, 0.4) is 0 Å². The van der Waals surface area contributed by atoms with Gasteiger partial charge in [-0.05, 0) is 30.7 Å². The number of halogens is 1. The number of carbonyl (C=O) groups excluding carboxylic acids is 1. The van der Waals surface area contributed by atoms with E-state index in [1.165, 1.54) is 0 Å². The molecule has 1 aliphatic heterocycles. The van der Waals surface area contributed by atoms with Gasteiger partial charge in [0.05, 0.1) is 6.04 Å². The number of rotatable bonds is 3. The van der Waals surface area contributed by atoms with Gasteiger partial charge in [-0.1, -0.05) is 35.9 Å². The van der Waals surface area contributed by atoms with E-state index in [0.717, 1.165) is 24.5 Å². The number of nitrogens with zero attached hydrogens (tertiary/aromatic N) is 3. The van der Waals surface area contributed by atoms with Gasteiger partial charge in [0.1, 0.15) is 5.82 Å². The fourth-order valence-corrected chi connectivity index (χ4v) is 3.16. The zero-order chi connectivity index (χ0) is 16.9. The van der Waals surface area contributed by atoms with Crippen LogP contribution in [0.15, 0.2) is 48.7 Å². The topological polar surface area (TPSA) is 48.5 Å². The van der Waals surface area contributed by atoms with E-state index in [2.05, 4.69) is 15.2 Å². The third-order valence-corrected chi connectivity index (χ3v) is 4.60. The number of pyridine rings is 1. The Morgan fingerprint density at radius 1 is 1.12 bits per heavy atom. The highest BCUT2D eigenvalue weighted by Crippen LogP contribution is 2.22. The molecule has 5 nitrogen and oxygen atoms in total. The fourth-order valence-electron chi connectivity index (χ4n) is 2.86. The van der Waals surface area contributed by atoms with Gasteiger partial charge in [0.15, 0.2) is 0 Å². The molecule has 2 heterocycles. The Kier molecular flexibility index (Phi) is 5.20. The molecule has 0 saturated carbocycles. The SMILES string of the molecule is CC(NC(=O)N1CCN(c2ccccn2)CC1)c1ccccc1Cl. The zero-order valence-corrected chi connectivity index (χ0v) is 14.4. The monoisotopic (exact) mass is 344 g/mol. The largest absolute Gasteiger partial charge is 0.353 e. The highest BCUT2D eigenvalue weighted by atomic mass is 35.5. The molecule has 126 valence electrons. The number of carbonyl (C=O) groups is 1. The second kappa shape index (κ2) is 7.53. The minimum Gasteiger partial charge on any atom is -0.353 e. The van der Waals surface area contributed by atoms with Crippen molar-refractivity contribution in [2.24, 2.45) is 0 Å². The fraction of sp³-hybridized carbons (Fsp3) is 0.333. The molecule has 1 aromatic heterocycles. The lowest BCUT2D eigenvalue weighted by molar-refractivity contribution is 0.191. The highest BCUT2D eigenvalue weighted by Gasteiger charge is 2.23. The van der Waals surface area contributed by atoms with Crippen LogP contribution in [0.2, 0.25) is 5.02 Å². The first-order chi connectivity index (χ1) is 11.6. The molecule has 1 fully saturated rings. The van der Waals surface area contributed by atoms with Crippen LogP contribution in [0.5, 0.6) is 0 Å². The van der Waals surface area contributed by atoms with Gasteiger partial charge in [-0.25, -0.2) is 9.78 Å². The molecule has 0 aliphatic carbocycles. The molecular formula is C18H21ClN4O. The Balaban J connectivity index is 1.55. The van der Waals surface area contributed by atoms with E-state index >= 15 is 0 Å². The first kappa shape index (κ1) is 16.6. The normalized spacial score (nSPS) is 15.9. The molecule has 1 aliphatic rings. The second-order valence-electron chi connectivity index (χ2n) is 5.85. The van der Waals surface area contributed by atoms with Gasteiger partial charge in [0.25, 0.3) is 0 Å². The minimum absolute atomic E-state index is 0.0527. The Morgan fingerprint density at radius 3 is 2.50 bits per heavy atom. The van der Waals surface area contributed by atoms with Crippen LogP contribution in [-0.4, -0.2) is 42.1 Å². The van der Waals surface area contributed by atoms with Crippen molar-refractivity contribution in [2.75, 3.05) is 31.1 Å². The van der Waals surface area contributed by atoms with Crippen molar-refractivity contribution in [3.63, 3.8) is 0 Å². The van der Waals surface area contributed by atoms with Crippen LogP contribution in [0.25, 0.3) is 0 Å². The summed E-state index contributed by atoms with van der Waals surface area (Å²) in [4.78, 5) is 20.9. The second-order valence-corrected chi connectivity index (χ2v) is 6.26. The predicted octanol–water partition coefficient (Wildman–Crippen LogP) is 3.33. The predicted molar refractivity (Wildman–Crippen MR) is 96.4 cm³/mol. The van der Waals surface area contributed by atoms with Crippen molar-refractivity contribution in [3.05, 3.63) is 59.2 Å². The van der Waals surface area contributed by atoms with E-state index in [4.69, 9.17) is 11.6 Å². The van der Waals surface area contributed by atoms with Gasteiger partial charge in [0.2, 0.25) is 0 Å². The van der Waals surface area contributed by atoms with E-state index in [0.29, 0.717) is 18.1 Å². The summed E-state index contributed by atoms with van der Waals surface area (Å²) in [5, 5.41) is 3.70. The highest BCUT2D eigenvalue weighted by molar-refractivity contribution is 6.31. The van der Waals surface area contributed by atoms with Gasteiger partial charge in [-0.2, -0.15) is 0 Å².